The third-order valence-electron chi connectivity index (χ3n) is 1.98. The van der Waals surface area contributed by atoms with Crippen LogP contribution in [0.25, 0.3) is 0 Å². The first-order valence-electron chi connectivity index (χ1n) is 4.94. The molecule has 0 aliphatic rings. The number of aryl methyl sites for hydroxylation is 1. The third kappa shape index (κ3) is 4.63. The Balaban J connectivity index is 2.15. The second-order valence-corrected chi connectivity index (χ2v) is 4.34. The van der Waals surface area contributed by atoms with Crippen LogP contribution in [0.1, 0.15) is 17.7 Å². The highest BCUT2D eigenvalue weighted by molar-refractivity contribution is 7.98. The van der Waals surface area contributed by atoms with Crippen LogP contribution in [0.5, 0.6) is 0 Å². The Morgan fingerprint density at radius 3 is 2.93 bits per heavy atom. The lowest BCUT2D eigenvalue weighted by Crippen LogP contribution is -2.16. The maximum Gasteiger partial charge on any atom is 0.0541 e. The molecule has 2 nitrogen and oxygen atoms in total. The van der Waals surface area contributed by atoms with Gasteiger partial charge in [0.05, 0.1) is 5.69 Å². The molecule has 14 heavy (non-hydrogen) atoms. The first-order chi connectivity index (χ1) is 6.83. The van der Waals surface area contributed by atoms with Crippen molar-refractivity contribution in [2.45, 2.75) is 19.9 Å². The normalized spacial score (nSPS) is 10.4. The predicted molar refractivity (Wildman–Crippen MR) is 63.7 cm³/mol. The maximum atomic E-state index is 4.33. The number of hydrogen-bond acceptors (Lipinski definition) is 3. The summed E-state index contributed by atoms with van der Waals surface area (Å²) in [4.78, 5) is 4.33. The molecule has 3 heteroatoms. The van der Waals surface area contributed by atoms with Crippen LogP contribution in [0.2, 0.25) is 0 Å². The van der Waals surface area contributed by atoms with Gasteiger partial charge in [-0.1, -0.05) is 6.07 Å². The summed E-state index contributed by atoms with van der Waals surface area (Å²) in [5.74, 6) is 1.23. The fraction of sp³-hybridized carbons (Fsp3) is 0.545. The van der Waals surface area contributed by atoms with Gasteiger partial charge in [-0.25, -0.2) is 0 Å². The van der Waals surface area contributed by atoms with E-state index in [-0.39, 0.29) is 0 Å². The van der Waals surface area contributed by atoms with Gasteiger partial charge >= 0.3 is 0 Å². The topological polar surface area (TPSA) is 24.9 Å². The van der Waals surface area contributed by atoms with Crippen LogP contribution in [0.4, 0.5) is 0 Å². The summed E-state index contributed by atoms with van der Waals surface area (Å²) in [6.45, 7) is 4.02. The second kappa shape index (κ2) is 6.85. The van der Waals surface area contributed by atoms with Crippen molar-refractivity contribution in [1.82, 2.24) is 10.3 Å². The lowest BCUT2D eigenvalue weighted by Gasteiger charge is -2.03. The van der Waals surface area contributed by atoms with Gasteiger partial charge in [0.15, 0.2) is 0 Å². The lowest BCUT2D eigenvalue weighted by molar-refractivity contribution is 0.667. The monoisotopic (exact) mass is 210 g/mol. The Hall–Kier alpha value is -0.540. The van der Waals surface area contributed by atoms with Gasteiger partial charge in [-0.2, -0.15) is 11.8 Å². The largest absolute Gasteiger partial charge is 0.311 e. The van der Waals surface area contributed by atoms with Crippen LogP contribution < -0.4 is 5.32 Å². The molecule has 1 aromatic rings. The zero-order valence-electron chi connectivity index (χ0n) is 8.92. The highest BCUT2D eigenvalue weighted by atomic mass is 32.2. The zero-order valence-corrected chi connectivity index (χ0v) is 9.73. The van der Waals surface area contributed by atoms with E-state index in [0.29, 0.717) is 0 Å². The van der Waals surface area contributed by atoms with Gasteiger partial charge in [0, 0.05) is 12.7 Å². The summed E-state index contributed by atoms with van der Waals surface area (Å²) in [7, 11) is 0. The highest BCUT2D eigenvalue weighted by Crippen LogP contribution is 1.98. The van der Waals surface area contributed by atoms with Gasteiger partial charge in [-0.3, -0.25) is 4.98 Å². The molecule has 1 N–H and O–H groups in total. The van der Waals surface area contributed by atoms with Crippen LogP contribution >= 0.6 is 11.8 Å². The molecular formula is C11H18N2S. The molecule has 1 heterocycles. The van der Waals surface area contributed by atoms with Crippen molar-refractivity contribution in [1.29, 1.82) is 0 Å². The van der Waals surface area contributed by atoms with Gasteiger partial charge < -0.3 is 5.32 Å². The van der Waals surface area contributed by atoms with E-state index < -0.39 is 0 Å². The Morgan fingerprint density at radius 1 is 1.43 bits per heavy atom. The van der Waals surface area contributed by atoms with E-state index in [1.165, 1.54) is 17.7 Å². The average molecular weight is 210 g/mol. The van der Waals surface area contributed by atoms with Gasteiger partial charge in [-0.05, 0) is 43.5 Å². The number of rotatable bonds is 6. The van der Waals surface area contributed by atoms with E-state index in [0.717, 1.165) is 18.8 Å². The molecule has 0 fully saturated rings. The molecule has 0 aliphatic carbocycles. The van der Waals surface area contributed by atoms with Crippen molar-refractivity contribution in [3.05, 3.63) is 29.6 Å². The van der Waals surface area contributed by atoms with Crippen molar-refractivity contribution in [2.75, 3.05) is 18.6 Å². The van der Waals surface area contributed by atoms with Crippen molar-refractivity contribution in [3.8, 4) is 0 Å². The molecular weight excluding hydrogens is 192 g/mol. The Labute approximate surface area is 90.5 Å². The molecule has 0 amide bonds. The first-order valence-corrected chi connectivity index (χ1v) is 6.33. The molecule has 0 saturated heterocycles. The minimum absolute atomic E-state index is 0.884. The Morgan fingerprint density at radius 2 is 2.29 bits per heavy atom. The van der Waals surface area contributed by atoms with Crippen LogP contribution in [0.3, 0.4) is 0 Å². The number of hydrogen-bond donors (Lipinski definition) is 1. The van der Waals surface area contributed by atoms with E-state index in [1.807, 2.05) is 18.0 Å². The number of nitrogens with one attached hydrogen (secondary N) is 1. The quantitative estimate of drug-likeness (QED) is 0.729. The summed E-state index contributed by atoms with van der Waals surface area (Å²) in [6, 6.07) is 4.18. The fourth-order valence-corrected chi connectivity index (χ4v) is 1.59. The minimum atomic E-state index is 0.884. The van der Waals surface area contributed by atoms with Crippen LogP contribution in [0.15, 0.2) is 18.3 Å². The van der Waals surface area contributed by atoms with Crippen molar-refractivity contribution in [3.63, 3.8) is 0 Å². The van der Waals surface area contributed by atoms with E-state index in [1.54, 1.807) is 0 Å². The lowest BCUT2D eigenvalue weighted by atomic mass is 10.3. The van der Waals surface area contributed by atoms with E-state index in [9.17, 15) is 0 Å². The number of pyridine rings is 1. The molecule has 0 aliphatic heterocycles. The van der Waals surface area contributed by atoms with E-state index in [4.69, 9.17) is 0 Å². The van der Waals surface area contributed by atoms with Gasteiger partial charge in [-0.15, -0.1) is 0 Å². The zero-order chi connectivity index (χ0) is 10.2. The SMILES string of the molecule is CSCCCNCc1ccc(C)cn1. The smallest absolute Gasteiger partial charge is 0.0541 e. The molecule has 78 valence electrons. The third-order valence-corrected chi connectivity index (χ3v) is 2.68. The summed E-state index contributed by atoms with van der Waals surface area (Å²) in [6.07, 6.45) is 5.29. The van der Waals surface area contributed by atoms with Gasteiger partial charge in [0.1, 0.15) is 0 Å². The number of nitrogens with zero attached hydrogens (tertiary/aromatic N) is 1. The molecule has 0 bridgehead atoms. The van der Waals surface area contributed by atoms with Crippen molar-refractivity contribution >= 4 is 11.8 Å². The molecule has 0 aromatic carbocycles. The Bertz CT molecular complexity index is 246. The predicted octanol–water partition coefficient (Wildman–Crippen LogP) is 2.23. The minimum Gasteiger partial charge on any atom is -0.311 e. The fourth-order valence-electron chi connectivity index (χ4n) is 1.16. The molecule has 0 unspecified atom stereocenters. The summed E-state index contributed by atoms with van der Waals surface area (Å²) >= 11 is 1.89. The van der Waals surface area contributed by atoms with E-state index in [2.05, 4.69) is 35.6 Å². The van der Waals surface area contributed by atoms with Crippen LogP contribution in [-0.4, -0.2) is 23.5 Å². The van der Waals surface area contributed by atoms with Gasteiger partial charge in [0.25, 0.3) is 0 Å². The highest BCUT2D eigenvalue weighted by Gasteiger charge is 1.93. The average Bonchev–Trinajstić information content (AvgIpc) is 2.21. The standard InChI is InChI=1S/C11H18N2S/c1-10-4-5-11(13-8-10)9-12-6-3-7-14-2/h4-5,8,12H,3,6-7,9H2,1-2H3. The summed E-state index contributed by atoms with van der Waals surface area (Å²) in [5, 5.41) is 3.38. The first kappa shape index (κ1) is 11.5. The van der Waals surface area contributed by atoms with Crippen molar-refractivity contribution in [2.24, 2.45) is 0 Å². The molecule has 0 atom stereocenters. The van der Waals surface area contributed by atoms with Crippen LogP contribution in [0, 0.1) is 6.92 Å². The van der Waals surface area contributed by atoms with E-state index >= 15 is 0 Å². The van der Waals surface area contributed by atoms with Crippen LogP contribution in [-0.2, 0) is 6.54 Å². The summed E-state index contributed by atoms with van der Waals surface area (Å²) < 4.78 is 0. The second-order valence-electron chi connectivity index (χ2n) is 3.35. The molecule has 0 radical (unpaired) electrons. The maximum absolute atomic E-state index is 4.33. The van der Waals surface area contributed by atoms with Crippen molar-refractivity contribution < 1.29 is 0 Å². The number of aromatic nitrogens is 1. The summed E-state index contributed by atoms with van der Waals surface area (Å²) in [5.41, 5.74) is 2.34. The molecule has 1 aromatic heterocycles. The number of thioether (sulfide) groups is 1. The molecule has 1 rings (SSSR count). The van der Waals surface area contributed by atoms with Gasteiger partial charge in [0.2, 0.25) is 0 Å². The Kier molecular flexibility index (Phi) is 5.64. The molecule has 0 spiro atoms. The molecule has 0 saturated carbocycles.